The Morgan fingerprint density at radius 1 is 0.720 bits per heavy atom. The lowest BCUT2D eigenvalue weighted by atomic mass is 9.95. The topological polar surface area (TPSA) is 104 Å². The zero-order chi connectivity index (χ0) is 34.6. The fourth-order valence-electron chi connectivity index (χ4n) is 6.93. The van der Waals surface area contributed by atoms with Gasteiger partial charge in [-0.2, -0.15) is 0 Å². The van der Waals surface area contributed by atoms with Crippen molar-refractivity contribution in [3.8, 4) is 39.4 Å². The highest BCUT2D eigenvalue weighted by atomic mass is 35.5. The largest absolute Gasteiger partial charge is 0.481 e. The molecule has 2 aliphatic heterocycles. The quantitative estimate of drug-likeness (QED) is 0.109. The van der Waals surface area contributed by atoms with E-state index >= 15 is 0 Å². The van der Waals surface area contributed by atoms with Crippen molar-refractivity contribution in [3.63, 3.8) is 0 Å². The summed E-state index contributed by atoms with van der Waals surface area (Å²) in [6, 6.07) is 29.0. The number of benzene rings is 4. The van der Waals surface area contributed by atoms with Crippen molar-refractivity contribution >= 4 is 45.8 Å². The van der Waals surface area contributed by atoms with E-state index in [0.29, 0.717) is 47.6 Å². The van der Waals surface area contributed by atoms with Gasteiger partial charge in [0.2, 0.25) is 17.7 Å². The molecule has 0 spiro atoms. The third kappa shape index (κ3) is 7.35. The molecular formula is C40H39Cl2N5O3. The second-order valence-electron chi connectivity index (χ2n) is 12.9. The smallest absolute Gasteiger partial charge is 0.220 e. The minimum absolute atomic E-state index is 0.105. The van der Waals surface area contributed by atoms with Gasteiger partial charge in [-0.05, 0) is 46.9 Å². The maximum atomic E-state index is 11.6. The normalized spacial score (nSPS) is 17.3. The van der Waals surface area contributed by atoms with Gasteiger partial charge in [0.1, 0.15) is 0 Å². The van der Waals surface area contributed by atoms with Crippen LogP contribution in [-0.4, -0.2) is 49.1 Å². The fraction of sp³-hybridized carbons (Fsp3) is 0.275. The van der Waals surface area contributed by atoms with Crippen LogP contribution in [0.25, 0.3) is 44.3 Å². The summed E-state index contributed by atoms with van der Waals surface area (Å²) in [6.07, 6.45) is 2.90. The van der Waals surface area contributed by atoms with E-state index < -0.39 is 0 Å². The zero-order valence-electron chi connectivity index (χ0n) is 27.8. The number of pyridine rings is 1. The molecule has 4 aromatic carbocycles. The molecule has 1 aromatic heterocycles. The summed E-state index contributed by atoms with van der Waals surface area (Å²) in [5.41, 5.74) is 7.17. The van der Waals surface area contributed by atoms with Crippen LogP contribution in [0.5, 0.6) is 5.88 Å². The first-order chi connectivity index (χ1) is 24.4. The number of fused-ring (bicyclic) bond motifs is 1. The highest BCUT2D eigenvalue weighted by molar-refractivity contribution is 6.39. The molecule has 0 radical (unpaired) electrons. The minimum atomic E-state index is 0.105. The van der Waals surface area contributed by atoms with Crippen LogP contribution in [0.3, 0.4) is 0 Å². The molecule has 2 atom stereocenters. The molecule has 0 unspecified atom stereocenters. The maximum absolute atomic E-state index is 11.6. The monoisotopic (exact) mass is 707 g/mol. The fourth-order valence-corrected chi connectivity index (χ4v) is 7.59. The Balaban J connectivity index is 1.11. The Labute approximate surface area is 301 Å². The summed E-state index contributed by atoms with van der Waals surface area (Å²) in [5, 5.41) is 16.4. The molecular weight excluding hydrogens is 669 g/mol. The van der Waals surface area contributed by atoms with E-state index in [0.717, 1.165) is 64.7 Å². The van der Waals surface area contributed by atoms with Crippen molar-refractivity contribution in [1.29, 1.82) is 0 Å². The van der Waals surface area contributed by atoms with Crippen molar-refractivity contribution in [3.05, 3.63) is 106 Å². The number of nitrogens with one attached hydrogen (secondary N) is 4. The summed E-state index contributed by atoms with van der Waals surface area (Å²) in [6.45, 7) is 2.72. The molecule has 4 N–H and O–H groups in total. The number of methoxy groups -OCH3 is 1. The van der Waals surface area contributed by atoms with Gasteiger partial charge in [0.15, 0.2) is 0 Å². The lowest BCUT2D eigenvalue weighted by Crippen LogP contribution is -2.35. The molecule has 0 aliphatic carbocycles. The third-order valence-corrected chi connectivity index (χ3v) is 10.4. The number of amides is 2. The SMILES string of the molecule is COc1nc(-c2cccc(-c3cccc(-c4ccc5c(CNC[C@@H]6CCC(=O)N6)cccc5c4)c3Cl)c2Cl)ccc1CNC[C@@H]1CCC(=O)N1. The summed E-state index contributed by atoms with van der Waals surface area (Å²) in [5.74, 6) is 0.756. The second kappa shape index (κ2) is 15.2. The van der Waals surface area contributed by atoms with Crippen molar-refractivity contribution in [2.75, 3.05) is 20.2 Å². The average Bonchev–Trinajstić information content (AvgIpc) is 3.75. The van der Waals surface area contributed by atoms with Crippen LogP contribution < -0.4 is 26.0 Å². The van der Waals surface area contributed by atoms with E-state index in [1.165, 1.54) is 10.9 Å². The molecule has 0 saturated carbocycles. The Kier molecular flexibility index (Phi) is 10.3. The maximum Gasteiger partial charge on any atom is 0.220 e. The van der Waals surface area contributed by atoms with Gasteiger partial charge in [-0.3, -0.25) is 9.59 Å². The standard InChI is InChI=1S/C40H39Cl2N5O3/c1-50-40-27(21-44-23-29-14-18-37(49)46-29)12-16-35(47-40)34-10-4-9-33(39(34)42)32-8-3-7-31(38(32)41)25-11-15-30-24(19-25)5-2-6-26(30)20-43-22-28-13-17-36(48)45-28/h2-12,15-16,19,28-29,43-44H,13-14,17-18,20-23H2,1H3,(H,45,48)(H,46,49)/t28-,29-/m0/s1. The molecule has 2 aliphatic rings. The number of halogens is 2. The minimum Gasteiger partial charge on any atom is -0.481 e. The Hall–Kier alpha value is -4.47. The van der Waals surface area contributed by atoms with E-state index in [1.54, 1.807) is 7.11 Å². The summed E-state index contributed by atoms with van der Waals surface area (Å²) >= 11 is 14.3. The van der Waals surface area contributed by atoms with E-state index in [-0.39, 0.29) is 23.9 Å². The number of rotatable bonds is 12. The van der Waals surface area contributed by atoms with Crippen LogP contribution in [-0.2, 0) is 22.7 Å². The van der Waals surface area contributed by atoms with Gasteiger partial charge in [0, 0.05) is 78.9 Å². The van der Waals surface area contributed by atoms with Gasteiger partial charge in [-0.25, -0.2) is 4.98 Å². The van der Waals surface area contributed by atoms with Gasteiger partial charge < -0.3 is 26.0 Å². The second-order valence-corrected chi connectivity index (χ2v) is 13.7. The lowest BCUT2D eigenvalue weighted by molar-refractivity contribution is -0.120. The summed E-state index contributed by atoms with van der Waals surface area (Å²) in [4.78, 5) is 27.9. The zero-order valence-corrected chi connectivity index (χ0v) is 29.3. The van der Waals surface area contributed by atoms with Crippen LogP contribution >= 0.6 is 23.2 Å². The Bertz CT molecular complexity index is 2070. The number of carbonyl (C=O) groups excluding carboxylic acids is 2. The van der Waals surface area contributed by atoms with Crippen molar-refractivity contribution < 1.29 is 14.3 Å². The number of ether oxygens (including phenoxy) is 1. The lowest BCUT2D eigenvalue weighted by Gasteiger charge is -2.16. The van der Waals surface area contributed by atoms with Gasteiger partial charge in [0.25, 0.3) is 0 Å². The molecule has 5 aromatic rings. The predicted molar refractivity (Wildman–Crippen MR) is 200 cm³/mol. The van der Waals surface area contributed by atoms with E-state index in [1.807, 2.05) is 48.5 Å². The van der Waals surface area contributed by atoms with Gasteiger partial charge >= 0.3 is 0 Å². The van der Waals surface area contributed by atoms with E-state index in [4.69, 9.17) is 32.9 Å². The van der Waals surface area contributed by atoms with Crippen LogP contribution in [0.15, 0.2) is 84.9 Å². The summed E-state index contributed by atoms with van der Waals surface area (Å²) in [7, 11) is 1.61. The molecule has 256 valence electrons. The molecule has 7 rings (SSSR count). The first-order valence-corrected chi connectivity index (χ1v) is 17.8. The van der Waals surface area contributed by atoms with Crippen molar-refractivity contribution in [1.82, 2.24) is 26.3 Å². The van der Waals surface area contributed by atoms with Gasteiger partial charge in [-0.15, -0.1) is 0 Å². The van der Waals surface area contributed by atoms with Crippen molar-refractivity contribution in [2.45, 2.75) is 50.9 Å². The number of aromatic nitrogens is 1. The molecule has 2 saturated heterocycles. The Morgan fingerprint density at radius 2 is 1.32 bits per heavy atom. The highest BCUT2D eigenvalue weighted by Gasteiger charge is 2.22. The van der Waals surface area contributed by atoms with Gasteiger partial charge in [0.05, 0.1) is 22.8 Å². The van der Waals surface area contributed by atoms with E-state index in [9.17, 15) is 9.59 Å². The Morgan fingerprint density at radius 3 is 1.96 bits per heavy atom. The predicted octanol–water partition coefficient (Wildman–Crippen LogP) is 7.29. The highest BCUT2D eigenvalue weighted by Crippen LogP contribution is 2.43. The molecule has 2 amide bonds. The molecule has 2 fully saturated rings. The number of hydrogen-bond donors (Lipinski definition) is 4. The van der Waals surface area contributed by atoms with Crippen molar-refractivity contribution in [2.24, 2.45) is 0 Å². The summed E-state index contributed by atoms with van der Waals surface area (Å²) < 4.78 is 5.67. The molecule has 10 heteroatoms. The molecule has 8 nitrogen and oxygen atoms in total. The van der Waals surface area contributed by atoms with Crippen LogP contribution in [0.1, 0.15) is 36.8 Å². The van der Waals surface area contributed by atoms with Gasteiger partial charge in [-0.1, -0.05) is 96.0 Å². The third-order valence-electron chi connectivity index (χ3n) is 9.56. The first kappa shape index (κ1) is 34.0. The van der Waals surface area contributed by atoms with E-state index in [2.05, 4.69) is 57.7 Å². The van der Waals surface area contributed by atoms with Crippen LogP contribution in [0.4, 0.5) is 0 Å². The molecule has 0 bridgehead atoms. The molecule has 3 heterocycles. The van der Waals surface area contributed by atoms with Crippen LogP contribution in [0.2, 0.25) is 10.0 Å². The molecule has 50 heavy (non-hydrogen) atoms. The number of nitrogens with zero attached hydrogens (tertiary/aromatic N) is 1. The first-order valence-electron chi connectivity index (χ1n) is 17.0. The number of carbonyl (C=O) groups is 2. The van der Waals surface area contributed by atoms with Crippen LogP contribution in [0, 0.1) is 0 Å². The average molecular weight is 709 g/mol. The number of hydrogen-bond acceptors (Lipinski definition) is 6.